The molecule has 1 aromatic heterocycles. The zero-order chi connectivity index (χ0) is 15.2. The van der Waals surface area contributed by atoms with Crippen molar-refractivity contribution in [2.75, 3.05) is 20.1 Å². The lowest BCUT2D eigenvalue weighted by Crippen LogP contribution is -2.40. The van der Waals surface area contributed by atoms with Crippen molar-refractivity contribution in [2.24, 2.45) is 5.73 Å². The van der Waals surface area contributed by atoms with Crippen LogP contribution in [0, 0.1) is 0 Å². The first kappa shape index (κ1) is 16.5. The highest BCUT2D eigenvalue weighted by molar-refractivity contribution is 7.89. The summed E-state index contributed by atoms with van der Waals surface area (Å²) in [7, 11) is -2.31. The number of sulfonamides is 1. The van der Waals surface area contributed by atoms with Crippen LogP contribution in [0.2, 0.25) is 0 Å². The average Bonchev–Trinajstić information content (AvgIpc) is 2.46. The molecule has 0 radical (unpaired) electrons. The van der Waals surface area contributed by atoms with Crippen LogP contribution >= 0.6 is 0 Å². The molecular formula is C12H20N4O3S. The highest BCUT2D eigenvalue weighted by atomic mass is 32.2. The summed E-state index contributed by atoms with van der Waals surface area (Å²) in [5, 5.41) is 2.42. The van der Waals surface area contributed by atoms with Gasteiger partial charge in [0.25, 0.3) is 0 Å². The van der Waals surface area contributed by atoms with E-state index in [9.17, 15) is 13.2 Å². The maximum absolute atomic E-state index is 12.6. The molecule has 0 saturated heterocycles. The molecule has 0 spiro atoms. The first-order valence-corrected chi connectivity index (χ1v) is 7.76. The molecule has 3 N–H and O–H groups in total. The number of amides is 1. The van der Waals surface area contributed by atoms with Crippen LogP contribution < -0.4 is 11.1 Å². The Kier molecular flexibility index (Phi) is 6.05. The molecule has 1 rings (SSSR count). The van der Waals surface area contributed by atoms with Crippen LogP contribution in [-0.4, -0.2) is 43.8 Å². The standard InChI is InChI=1S/C12H20N4O3S/c1-3-7-16(9-12(17)14-2)20(18,19)11-5-4-6-15-10(11)8-13/h4-6H,3,7-9,13H2,1-2H3,(H,14,17). The SMILES string of the molecule is CCCN(CC(=O)NC)S(=O)(=O)c1cccnc1CN. The summed E-state index contributed by atoms with van der Waals surface area (Å²) < 4.78 is 26.3. The van der Waals surface area contributed by atoms with Crippen molar-refractivity contribution < 1.29 is 13.2 Å². The summed E-state index contributed by atoms with van der Waals surface area (Å²) in [4.78, 5) is 15.5. The summed E-state index contributed by atoms with van der Waals surface area (Å²) in [6.45, 7) is 1.91. The molecule has 20 heavy (non-hydrogen) atoms. The fourth-order valence-electron chi connectivity index (χ4n) is 1.72. The number of carbonyl (C=O) groups is 1. The van der Waals surface area contributed by atoms with E-state index < -0.39 is 10.0 Å². The molecule has 0 aliphatic heterocycles. The molecule has 0 aliphatic carbocycles. The molecule has 0 aromatic carbocycles. The second-order valence-corrected chi connectivity index (χ2v) is 6.07. The molecule has 1 aromatic rings. The maximum atomic E-state index is 12.6. The van der Waals surface area contributed by atoms with Gasteiger partial charge >= 0.3 is 0 Å². The summed E-state index contributed by atoms with van der Waals surface area (Å²) >= 11 is 0. The molecule has 112 valence electrons. The summed E-state index contributed by atoms with van der Waals surface area (Å²) in [5.74, 6) is -0.361. The van der Waals surface area contributed by atoms with Gasteiger partial charge in [-0.25, -0.2) is 8.42 Å². The molecule has 0 atom stereocenters. The van der Waals surface area contributed by atoms with Gasteiger partial charge < -0.3 is 11.1 Å². The number of nitrogens with one attached hydrogen (secondary N) is 1. The Labute approximate surface area is 119 Å². The minimum Gasteiger partial charge on any atom is -0.358 e. The van der Waals surface area contributed by atoms with Crippen LogP contribution in [0.1, 0.15) is 19.0 Å². The smallest absolute Gasteiger partial charge is 0.245 e. The van der Waals surface area contributed by atoms with Gasteiger partial charge in [0, 0.05) is 26.3 Å². The van der Waals surface area contributed by atoms with Gasteiger partial charge in [-0.15, -0.1) is 0 Å². The normalized spacial score (nSPS) is 11.6. The van der Waals surface area contributed by atoms with Gasteiger partial charge in [-0.05, 0) is 18.6 Å². The Hall–Kier alpha value is -1.51. The van der Waals surface area contributed by atoms with E-state index in [0.29, 0.717) is 12.1 Å². The van der Waals surface area contributed by atoms with E-state index in [2.05, 4.69) is 10.3 Å². The molecule has 0 unspecified atom stereocenters. The lowest BCUT2D eigenvalue weighted by Gasteiger charge is -2.21. The van der Waals surface area contributed by atoms with Crippen LogP contribution in [0.3, 0.4) is 0 Å². The van der Waals surface area contributed by atoms with Gasteiger partial charge in [-0.2, -0.15) is 4.31 Å². The Balaban J connectivity index is 3.18. The van der Waals surface area contributed by atoms with Gasteiger partial charge in [-0.1, -0.05) is 6.92 Å². The predicted octanol–water partition coefficient (Wildman–Crippen LogP) is -0.313. The predicted molar refractivity (Wildman–Crippen MR) is 75.2 cm³/mol. The minimum atomic E-state index is -3.78. The van der Waals surface area contributed by atoms with Crippen molar-refractivity contribution >= 4 is 15.9 Å². The number of nitrogens with zero attached hydrogens (tertiary/aromatic N) is 2. The quantitative estimate of drug-likeness (QED) is 0.718. The average molecular weight is 300 g/mol. The van der Waals surface area contributed by atoms with Gasteiger partial charge in [0.05, 0.1) is 12.2 Å². The highest BCUT2D eigenvalue weighted by Gasteiger charge is 2.28. The number of aromatic nitrogens is 1. The summed E-state index contributed by atoms with van der Waals surface area (Å²) in [6.07, 6.45) is 2.10. The zero-order valence-electron chi connectivity index (χ0n) is 11.7. The van der Waals surface area contributed by atoms with Gasteiger partial charge in [0.2, 0.25) is 15.9 Å². The number of pyridine rings is 1. The van der Waals surface area contributed by atoms with Crippen LogP contribution in [0.25, 0.3) is 0 Å². The van der Waals surface area contributed by atoms with E-state index in [4.69, 9.17) is 5.73 Å². The van der Waals surface area contributed by atoms with Crippen molar-refractivity contribution in [1.29, 1.82) is 0 Å². The van der Waals surface area contributed by atoms with Crippen LogP contribution in [-0.2, 0) is 21.4 Å². The number of nitrogens with two attached hydrogens (primary N) is 1. The monoisotopic (exact) mass is 300 g/mol. The second-order valence-electron chi connectivity index (χ2n) is 4.16. The van der Waals surface area contributed by atoms with Crippen molar-refractivity contribution in [2.45, 2.75) is 24.8 Å². The lowest BCUT2D eigenvalue weighted by molar-refractivity contribution is -0.120. The third-order valence-corrected chi connectivity index (χ3v) is 4.65. The lowest BCUT2D eigenvalue weighted by atomic mass is 10.3. The van der Waals surface area contributed by atoms with Crippen molar-refractivity contribution in [3.05, 3.63) is 24.0 Å². The maximum Gasteiger partial charge on any atom is 0.245 e. The minimum absolute atomic E-state index is 0.0232. The van der Waals surface area contributed by atoms with Crippen molar-refractivity contribution in [1.82, 2.24) is 14.6 Å². The van der Waals surface area contributed by atoms with E-state index in [1.807, 2.05) is 6.92 Å². The van der Waals surface area contributed by atoms with Crippen molar-refractivity contribution in [3.8, 4) is 0 Å². The summed E-state index contributed by atoms with van der Waals surface area (Å²) in [5.41, 5.74) is 5.82. The van der Waals surface area contributed by atoms with Crippen molar-refractivity contribution in [3.63, 3.8) is 0 Å². The third kappa shape index (κ3) is 3.75. The second kappa shape index (κ2) is 7.32. The van der Waals surface area contributed by atoms with E-state index in [-0.39, 0.29) is 30.4 Å². The fourth-order valence-corrected chi connectivity index (χ4v) is 3.40. The molecule has 1 heterocycles. The largest absolute Gasteiger partial charge is 0.358 e. The fraction of sp³-hybridized carbons (Fsp3) is 0.500. The number of rotatable bonds is 7. The highest BCUT2D eigenvalue weighted by Crippen LogP contribution is 2.18. The van der Waals surface area contributed by atoms with E-state index in [1.165, 1.54) is 25.4 Å². The van der Waals surface area contributed by atoms with Gasteiger partial charge in [0.1, 0.15) is 4.90 Å². The van der Waals surface area contributed by atoms with Gasteiger partial charge in [0.15, 0.2) is 0 Å². The Bertz CT molecular complexity index is 560. The molecule has 0 fully saturated rings. The van der Waals surface area contributed by atoms with Crippen LogP contribution in [0.15, 0.2) is 23.2 Å². The van der Waals surface area contributed by atoms with Crippen LogP contribution in [0.5, 0.6) is 0 Å². The van der Waals surface area contributed by atoms with E-state index in [1.54, 1.807) is 0 Å². The molecule has 7 nitrogen and oxygen atoms in total. The van der Waals surface area contributed by atoms with Gasteiger partial charge in [-0.3, -0.25) is 9.78 Å². The zero-order valence-corrected chi connectivity index (χ0v) is 12.5. The topological polar surface area (TPSA) is 105 Å². The first-order valence-electron chi connectivity index (χ1n) is 6.32. The molecular weight excluding hydrogens is 280 g/mol. The number of hydrogen-bond donors (Lipinski definition) is 2. The molecule has 0 saturated carbocycles. The molecule has 1 amide bonds. The van der Waals surface area contributed by atoms with E-state index >= 15 is 0 Å². The Morgan fingerprint density at radius 3 is 2.75 bits per heavy atom. The first-order chi connectivity index (χ1) is 9.47. The molecule has 0 bridgehead atoms. The molecule has 8 heteroatoms. The Morgan fingerprint density at radius 1 is 1.50 bits per heavy atom. The number of hydrogen-bond acceptors (Lipinski definition) is 5. The van der Waals surface area contributed by atoms with E-state index in [0.717, 1.165) is 4.31 Å². The Morgan fingerprint density at radius 2 is 2.20 bits per heavy atom. The third-order valence-electron chi connectivity index (χ3n) is 2.73. The molecule has 0 aliphatic rings. The van der Waals surface area contributed by atoms with Crippen LogP contribution in [0.4, 0.5) is 0 Å². The number of likely N-dealkylation sites (N-methyl/N-ethyl adjacent to an activating group) is 1. The summed E-state index contributed by atoms with van der Waals surface area (Å²) in [6, 6.07) is 2.99. The number of carbonyl (C=O) groups excluding carboxylic acids is 1.